The van der Waals surface area contributed by atoms with Crippen molar-refractivity contribution in [2.75, 3.05) is 20.3 Å². The van der Waals surface area contributed by atoms with Gasteiger partial charge in [-0.3, -0.25) is 0 Å². The molecule has 0 radical (unpaired) electrons. The van der Waals surface area contributed by atoms with Gasteiger partial charge in [-0.15, -0.1) is 0 Å². The Morgan fingerprint density at radius 1 is 1.41 bits per heavy atom. The summed E-state index contributed by atoms with van der Waals surface area (Å²) in [4.78, 5) is 0. The molecule has 94 valence electrons. The highest BCUT2D eigenvalue weighted by Crippen LogP contribution is 2.18. The summed E-state index contributed by atoms with van der Waals surface area (Å²) in [6.07, 6.45) is 0.947. The Kier molecular flexibility index (Phi) is 4.48. The van der Waals surface area contributed by atoms with Crippen LogP contribution in [0.15, 0.2) is 24.3 Å². The van der Waals surface area contributed by atoms with Crippen LogP contribution in [0.5, 0.6) is 0 Å². The van der Waals surface area contributed by atoms with Crippen molar-refractivity contribution in [2.45, 2.75) is 25.2 Å². The second-order valence-corrected chi connectivity index (χ2v) is 4.17. The fourth-order valence-corrected chi connectivity index (χ4v) is 1.91. The smallest absolute Gasteiger partial charge is 0.128 e. The third kappa shape index (κ3) is 3.49. The molecule has 1 aliphatic rings. The van der Waals surface area contributed by atoms with E-state index in [1.165, 1.54) is 6.07 Å². The lowest BCUT2D eigenvalue weighted by Crippen LogP contribution is -2.15. The first-order valence-corrected chi connectivity index (χ1v) is 5.75. The van der Waals surface area contributed by atoms with E-state index in [0.29, 0.717) is 25.4 Å². The first-order chi connectivity index (χ1) is 8.29. The van der Waals surface area contributed by atoms with E-state index in [9.17, 15) is 4.39 Å². The van der Waals surface area contributed by atoms with Gasteiger partial charge in [0.25, 0.3) is 0 Å². The van der Waals surface area contributed by atoms with E-state index >= 15 is 0 Å². The average molecular weight is 240 g/mol. The molecular weight excluding hydrogens is 223 g/mol. The van der Waals surface area contributed by atoms with Crippen LogP contribution in [0.3, 0.4) is 0 Å². The van der Waals surface area contributed by atoms with Gasteiger partial charge in [-0.25, -0.2) is 4.39 Å². The molecule has 0 spiro atoms. The maximum atomic E-state index is 13.3. The summed E-state index contributed by atoms with van der Waals surface area (Å²) in [7, 11) is 1.65. The molecule has 1 aromatic rings. The molecule has 0 aromatic heterocycles. The zero-order chi connectivity index (χ0) is 12.1. The lowest BCUT2D eigenvalue weighted by atomic mass is 10.2. The summed E-state index contributed by atoms with van der Waals surface area (Å²) in [6.45, 7) is 1.43. The highest BCUT2D eigenvalue weighted by Gasteiger charge is 2.26. The Morgan fingerprint density at radius 3 is 3.00 bits per heavy atom. The van der Waals surface area contributed by atoms with Gasteiger partial charge < -0.3 is 14.2 Å². The predicted octanol–water partition coefficient (Wildman–Crippen LogP) is 2.15. The van der Waals surface area contributed by atoms with E-state index in [0.717, 1.165) is 6.42 Å². The highest BCUT2D eigenvalue weighted by molar-refractivity contribution is 5.16. The summed E-state index contributed by atoms with van der Waals surface area (Å²) >= 11 is 0. The molecule has 0 saturated carbocycles. The van der Waals surface area contributed by atoms with Crippen molar-refractivity contribution in [1.82, 2.24) is 0 Å². The van der Waals surface area contributed by atoms with Gasteiger partial charge in [0.15, 0.2) is 0 Å². The van der Waals surface area contributed by atoms with E-state index in [4.69, 9.17) is 14.2 Å². The number of hydrogen-bond acceptors (Lipinski definition) is 3. The summed E-state index contributed by atoms with van der Waals surface area (Å²) < 4.78 is 29.5. The molecule has 1 aliphatic heterocycles. The van der Waals surface area contributed by atoms with Crippen molar-refractivity contribution in [3.8, 4) is 0 Å². The molecule has 17 heavy (non-hydrogen) atoms. The molecule has 1 heterocycles. The van der Waals surface area contributed by atoms with Gasteiger partial charge in [0, 0.05) is 19.1 Å². The lowest BCUT2D eigenvalue weighted by molar-refractivity contribution is 0.0156. The monoisotopic (exact) mass is 240 g/mol. The second-order valence-electron chi connectivity index (χ2n) is 4.17. The average Bonchev–Trinajstić information content (AvgIpc) is 2.76. The van der Waals surface area contributed by atoms with Crippen molar-refractivity contribution >= 4 is 0 Å². The van der Waals surface area contributed by atoms with Gasteiger partial charge in [-0.05, 0) is 6.07 Å². The summed E-state index contributed by atoms with van der Waals surface area (Å²) in [6, 6.07) is 6.65. The highest BCUT2D eigenvalue weighted by atomic mass is 19.1. The Morgan fingerprint density at radius 2 is 2.24 bits per heavy atom. The topological polar surface area (TPSA) is 27.7 Å². The van der Waals surface area contributed by atoms with Crippen molar-refractivity contribution in [2.24, 2.45) is 0 Å². The maximum Gasteiger partial charge on any atom is 0.128 e. The minimum absolute atomic E-state index is 0.0368. The Hall–Kier alpha value is -0.970. The summed E-state index contributed by atoms with van der Waals surface area (Å²) in [5.41, 5.74) is 0.586. The van der Waals surface area contributed by atoms with Crippen LogP contribution in [-0.2, 0) is 20.8 Å². The van der Waals surface area contributed by atoms with Gasteiger partial charge in [-0.2, -0.15) is 0 Å². The van der Waals surface area contributed by atoms with Crippen LogP contribution in [0.1, 0.15) is 12.0 Å². The summed E-state index contributed by atoms with van der Waals surface area (Å²) in [5, 5.41) is 0. The van der Waals surface area contributed by atoms with E-state index in [1.807, 2.05) is 0 Å². The van der Waals surface area contributed by atoms with E-state index in [-0.39, 0.29) is 18.0 Å². The predicted molar refractivity (Wildman–Crippen MR) is 61.2 cm³/mol. The van der Waals surface area contributed by atoms with Crippen LogP contribution in [0.2, 0.25) is 0 Å². The molecule has 2 atom stereocenters. The standard InChI is InChI=1S/C13H17FO3/c1-15-8-11-6-12(9-17-11)16-7-10-4-2-3-5-13(10)14/h2-5,11-12H,6-9H2,1H3. The van der Waals surface area contributed by atoms with Crippen LogP contribution in [-0.4, -0.2) is 32.5 Å². The number of rotatable bonds is 5. The number of hydrogen-bond donors (Lipinski definition) is 0. The SMILES string of the molecule is COCC1CC(OCc2ccccc2F)CO1. The molecule has 0 amide bonds. The van der Waals surface area contributed by atoms with Gasteiger partial charge in [-0.1, -0.05) is 18.2 Å². The van der Waals surface area contributed by atoms with Crippen molar-refractivity contribution in [3.63, 3.8) is 0 Å². The van der Waals surface area contributed by atoms with Crippen molar-refractivity contribution < 1.29 is 18.6 Å². The maximum absolute atomic E-state index is 13.3. The molecular formula is C13H17FO3. The van der Waals surface area contributed by atoms with Crippen LogP contribution in [0.4, 0.5) is 4.39 Å². The molecule has 3 nitrogen and oxygen atoms in total. The molecule has 1 fully saturated rings. The van der Waals surface area contributed by atoms with Crippen LogP contribution in [0.25, 0.3) is 0 Å². The summed E-state index contributed by atoms with van der Waals surface area (Å²) in [5.74, 6) is -0.222. The minimum atomic E-state index is -0.222. The zero-order valence-corrected chi connectivity index (χ0v) is 9.90. The van der Waals surface area contributed by atoms with Crippen molar-refractivity contribution in [3.05, 3.63) is 35.6 Å². The third-order valence-electron chi connectivity index (χ3n) is 2.83. The molecule has 1 aromatic carbocycles. The molecule has 1 saturated heterocycles. The van der Waals surface area contributed by atoms with E-state index in [1.54, 1.807) is 25.3 Å². The first-order valence-electron chi connectivity index (χ1n) is 5.75. The van der Waals surface area contributed by atoms with Gasteiger partial charge in [0.05, 0.1) is 32.0 Å². The number of methoxy groups -OCH3 is 1. The van der Waals surface area contributed by atoms with Crippen LogP contribution in [0, 0.1) is 5.82 Å². The van der Waals surface area contributed by atoms with Gasteiger partial charge in [0.2, 0.25) is 0 Å². The molecule has 4 heteroatoms. The second kappa shape index (κ2) is 6.10. The quantitative estimate of drug-likeness (QED) is 0.789. The fourth-order valence-electron chi connectivity index (χ4n) is 1.91. The molecule has 0 N–H and O–H groups in total. The first kappa shape index (κ1) is 12.5. The number of benzene rings is 1. The lowest BCUT2D eigenvalue weighted by Gasteiger charge is -2.10. The van der Waals surface area contributed by atoms with E-state index in [2.05, 4.69) is 0 Å². The van der Waals surface area contributed by atoms with E-state index < -0.39 is 0 Å². The van der Waals surface area contributed by atoms with Gasteiger partial charge in [0.1, 0.15) is 5.82 Å². The third-order valence-corrected chi connectivity index (χ3v) is 2.83. The zero-order valence-electron chi connectivity index (χ0n) is 9.90. The van der Waals surface area contributed by atoms with Gasteiger partial charge >= 0.3 is 0 Å². The normalized spacial score (nSPS) is 24.1. The Bertz CT molecular complexity index is 356. The number of halogens is 1. The van der Waals surface area contributed by atoms with Crippen molar-refractivity contribution in [1.29, 1.82) is 0 Å². The number of ether oxygens (including phenoxy) is 3. The molecule has 0 bridgehead atoms. The molecule has 2 rings (SSSR count). The Labute approximate surface area is 100 Å². The minimum Gasteiger partial charge on any atom is -0.382 e. The fraction of sp³-hybridized carbons (Fsp3) is 0.538. The molecule has 2 unspecified atom stereocenters. The van der Waals surface area contributed by atoms with Crippen LogP contribution < -0.4 is 0 Å². The molecule has 0 aliphatic carbocycles. The van der Waals surface area contributed by atoms with Crippen LogP contribution >= 0.6 is 0 Å². The Balaban J connectivity index is 1.78. The largest absolute Gasteiger partial charge is 0.382 e.